The first-order chi connectivity index (χ1) is 12.4. The minimum atomic E-state index is -0.522. The summed E-state index contributed by atoms with van der Waals surface area (Å²) in [7, 11) is 0. The van der Waals surface area contributed by atoms with Crippen LogP contribution in [0.5, 0.6) is 0 Å². The predicted octanol–water partition coefficient (Wildman–Crippen LogP) is 4.77. The molecule has 1 saturated heterocycles. The summed E-state index contributed by atoms with van der Waals surface area (Å²) in [4.78, 5) is 18.7. The monoisotopic (exact) mass is 353 g/mol. The Morgan fingerprint density at radius 3 is 2.65 bits per heavy atom. The standard InChI is InChI=1S/C21H27N3O2/c1-21(2,3)26-20(25)23-19-12-11-17(14-22-19)18-10-7-13-24(18)15-16-8-5-4-6-9-16/h4-6,8-9,11-12,14,18H,7,10,13,15H2,1-3H3,(H,22,23,25)/t18-/m0/s1. The van der Waals surface area contributed by atoms with Crippen molar-refractivity contribution in [2.24, 2.45) is 0 Å². The molecule has 2 heterocycles. The molecule has 0 bridgehead atoms. The zero-order chi connectivity index (χ0) is 18.6. The summed E-state index contributed by atoms with van der Waals surface area (Å²) >= 11 is 0. The summed E-state index contributed by atoms with van der Waals surface area (Å²) in [6.45, 7) is 7.56. The number of hydrogen-bond donors (Lipinski definition) is 1. The number of pyridine rings is 1. The number of carbonyl (C=O) groups excluding carboxylic acids is 1. The number of rotatable bonds is 4. The molecule has 1 aliphatic heterocycles. The van der Waals surface area contributed by atoms with Gasteiger partial charge in [0, 0.05) is 18.8 Å². The van der Waals surface area contributed by atoms with Crippen LogP contribution in [0.4, 0.5) is 10.6 Å². The number of ether oxygens (including phenoxy) is 1. The van der Waals surface area contributed by atoms with Gasteiger partial charge >= 0.3 is 6.09 Å². The van der Waals surface area contributed by atoms with Gasteiger partial charge in [-0.3, -0.25) is 10.2 Å². The number of carbonyl (C=O) groups is 1. The fourth-order valence-electron chi connectivity index (χ4n) is 3.30. The van der Waals surface area contributed by atoms with E-state index in [4.69, 9.17) is 4.74 Å². The third-order valence-electron chi connectivity index (χ3n) is 4.39. The zero-order valence-corrected chi connectivity index (χ0v) is 15.7. The van der Waals surface area contributed by atoms with Gasteiger partial charge in [0.1, 0.15) is 11.4 Å². The van der Waals surface area contributed by atoms with Gasteiger partial charge in [-0.2, -0.15) is 0 Å². The molecule has 1 amide bonds. The van der Waals surface area contributed by atoms with Crippen LogP contribution in [0.25, 0.3) is 0 Å². The first-order valence-electron chi connectivity index (χ1n) is 9.15. The van der Waals surface area contributed by atoms with Crippen LogP contribution in [0, 0.1) is 0 Å². The van der Waals surface area contributed by atoms with Crippen LogP contribution < -0.4 is 5.32 Å². The van der Waals surface area contributed by atoms with Crippen LogP contribution in [0.3, 0.4) is 0 Å². The van der Waals surface area contributed by atoms with E-state index in [0.717, 1.165) is 19.5 Å². The minimum absolute atomic E-state index is 0.373. The fraction of sp³-hybridized carbons (Fsp3) is 0.429. The van der Waals surface area contributed by atoms with E-state index in [0.29, 0.717) is 11.9 Å². The molecule has 1 aromatic heterocycles. The number of nitrogens with zero attached hydrogens (tertiary/aromatic N) is 2. The number of hydrogen-bond acceptors (Lipinski definition) is 4. The Balaban J connectivity index is 1.63. The molecule has 0 radical (unpaired) electrons. The van der Waals surface area contributed by atoms with Crippen molar-refractivity contribution in [1.82, 2.24) is 9.88 Å². The third kappa shape index (κ3) is 5.05. The van der Waals surface area contributed by atoms with Gasteiger partial charge in [0.2, 0.25) is 0 Å². The number of nitrogens with one attached hydrogen (secondary N) is 1. The number of likely N-dealkylation sites (tertiary alicyclic amines) is 1. The Bertz CT molecular complexity index is 723. The van der Waals surface area contributed by atoms with Gasteiger partial charge in [0.15, 0.2) is 0 Å². The minimum Gasteiger partial charge on any atom is -0.444 e. The van der Waals surface area contributed by atoms with Gasteiger partial charge < -0.3 is 4.74 Å². The lowest BCUT2D eigenvalue weighted by Gasteiger charge is -2.25. The molecule has 1 N–H and O–H groups in total. The lowest BCUT2D eigenvalue weighted by molar-refractivity contribution is 0.0635. The van der Waals surface area contributed by atoms with Crippen LogP contribution in [0.15, 0.2) is 48.7 Å². The molecule has 1 aliphatic rings. The van der Waals surface area contributed by atoms with Crippen LogP contribution in [-0.4, -0.2) is 28.1 Å². The van der Waals surface area contributed by atoms with Gasteiger partial charge in [-0.25, -0.2) is 9.78 Å². The number of aromatic nitrogens is 1. The second-order valence-electron chi connectivity index (χ2n) is 7.72. The molecule has 0 spiro atoms. The number of benzene rings is 1. The van der Waals surface area contributed by atoms with Crippen molar-refractivity contribution in [2.45, 2.75) is 51.8 Å². The molecule has 2 aromatic rings. The molecule has 138 valence electrons. The van der Waals surface area contributed by atoms with Crippen LogP contribution in [0.1, 0.15) is 50.8 Å². The fourth-order valence-corrected chi connectivity index (χ4v) is 3.30. The maximum Gasteiger partial charge on any atom is 0.413 e. The molecule has 1 fully saturated rings. The summed E-state index contributed by atoms with van der Waals surface area (Å²) in [6, 6.07) is 14.8. The van der Waals surface area contributed by atoms with Crippen LogP contribution >= 0.6 is 0 Å². The maximum absolute atomic E-state index is 11.8. The van der Waals surface area contributed by atoms with E-state index in [9.17, 15) is 4.79 Å². The van der Waals surface area contributed by atoms with E-state index in [1.165, 1.54) is 17.5 Å². The second-order valence-corrected chi connectivity index (χ2v) is 7.72. The van der Waals surface area contributed by atoms with E-state index >= 15 is 0 Å². The quantitative estimate of drug-likeness (QED) is 0.860. The highest BCUT2D eigenvalue weighted by Gasteiger charge is 2.26. The average Bonchev–Trinajstić information content (AvgIpc) is 3.03. The van der Waals surface area contributed by atoms with Crippen molar-refractivity contribution >= 4 is 11.9 Å². The Kier molecular flexibility index (Phi) is 5.57. The van der Waals surface area contributed by atoms with Gasteiger partial charge in [-0.15, -0.1) is 0 Å². The van der Waals surface area contributed by atoms with E-state index in [-0.39, 0.29) is 0 Å². The van der Waals surface area contributed by atoms with Crippen LogP contribution in [0.2, 0.25) is 0 Å². The summed E-state index contributed by atoms with van der Waals surface area (Å²) in [5.74, 6) is 0.510. The van der Waals surface area contributed by atoms with Crippen molar-refractivity contribution in [3.05, 3.63) is 59.8 Å². The lowest BCUT2D eigenvalue weighted by Crippen LogP contribution is -2.27. The predicted molar refractivity (Wildman–Crippen MR) is 103 cm³/mol. The Morgan fingerprint density at radius 1 is 1.23 bits per heavy atom. The normalized spacial score (nSPS) is 17.9. The first-order valence-corrected chi connectivity index (χ1v) is 9.15. The van der Waals surface area contributed by atoms with Gasteiger partial charge in [0.25, 0.3) is 0 Å². The van der Waals surface area contributed by atoms with Crippen molar-refractivity contribution in [3.63, 3.8) is 0 Å². The number of anilines is 1. The third-order valence-corrected chi connectivity index (χ3v) is 4.39. The van der Waals surface area contributed by atoms with E-state index in [1.54, 1.807) is 0 Å². The molecule has 0 unspecified atom stereocenters. The molecule has 1 atom stereocenters. The highest BCUT2D eigenvalue weighted by Crippen LogP contribution is 2.33. The smallest absolute Gasteiger partial charge is 0.413 e. The second kappa shape index (κ2) is 7.87. The molecular weight excluding hydrogens is 326 g/mol. The topological polar surface area (TPSA) is 54.5 Å². The largest absolute Gasteiger partial charge is 0.444 e. The molecule has 0 saturated carbocycles. The van der Waals surface area contributed by atoms with Crippen molar-refractivity contribution in [2.75, 3.05) is 11.9 Å². The van der Waals surface area contributed by atoms with Crippen molar-refractivity contribution < 1.29 is 9.53 Å². The summed E-state index contributed by atoms with van der Waals surface area (Å²) < 4.78 is 5.26. The molecule has 5 nitrogen and oxygen atoms in total. The summed E-state index contributed by atoms with van der Waals surface area (Å²) in [5, 5.41) is 2.68. The van der Waals surface area contributed by atoms with Crippen molar-refractivity contribution in [3.8, 4) is 0 Å². The summed E-state index contributed by atoms with van der Waals surface area (Å²) in [5.41, 5.74) is 2.00. The van der Waals surface area contributed by atoms with E-state index in [2.05, 4.69) is 39.5 Å². The molecule has 1 aromatic carbocycles. The Hall–Kier alpha value is -2.40. The number of amides is 1. The molecule has 3 rings (SSSR count). The van der Waals surface area contributed by atoms with Gasteiger partial charge in [-0.1, -0.05) is 36.4 Å². The zero-order valence-electron chi connectivity index (χ0n) is 15.7. The molecule has 5 heteroatoms. The molecule has 0 aliphatic carbocycles. The van der Waals surface area contributed by atoms with Gasteiger partial charge in [0.05, 0.1) is 0 Å². The molecular formula is C21H27N3O2. The van der Waals surface area contributed by atoms with Crippen LogP contribution in [-0.2, 0) is 11.3 Å². The van der Waals surface area contributed by atoms with Gasteiger partial charge in [-0.05, 0) is 57.4 Å². The SMILES string of the molecule is CC(C)(C)OC(=O)Nc1ccc([C@@H]2CCCN2Cc2ccccc2)cn1. The highest BCUT2D eigenvalue weighted by molar-refractivity contribution is 5.83. The Morgan fingerprint density at radius 2 is 2.00 bits per heavy atom. The lowest BCUT2D eigenvalue weighted by atomic mass is 10.1. The maximum atomic E-state index is 11.8. The first kappa shape index (κ1) is 18.4. The Labute approximate surface area is 155 Å². The highest BCUT2D eigenvalue weighted by atomic mass is 16.6. The average molecular weight is 353 g/mol. The van der Waals surface area contributed by atoms with E-state index < -0.39 is 11.7 Å². The molecule has 26 heavy (non-hydrogen) atoms. The van der Waals surface area contributed by atoms with Crippen molar-refractivity contribution in [1.29, 1.82) is 0 Å². The van der Waals surface area contributed by atoms with E-state index in [1.807, 2.05) is 45.2 Å². The summed E-state index contributed by atoms with van der Waals surface area (Å²) in [6.07, 6.45) is 3.70.